The van der Waals surface area contributed by atoms with Crippen LogP contribution in [0.3, 0.4) is 0 Å². The fraction of sp³-hybridized carbons (Fsp3) is 0.462. The van der Waals surface area contributed by atoms with Gasteiger partial charge in [0, 0.05) is 17.5 Å². The highest BCUT2D eigenvalue weighted by molar-refractivity contribution is 6.31. The van der Waals surface area contributed by atoms with E-state index in [0.717, 1.165) is 34.7 Å². The largest absolute Gasteiger partial charge is 0.330 e. The van der Waals surface area contributed by atoms with E-state index in [0.29, 0.717) is 12.6 Å². The van der Waals surface area contributed by atoms with Crippen LogP contribution in [0.2, 0.25) is 5.02 Å². The molecule has 1 aromatic heterocycles. The van der Waals surface area contributed by atoms with E-state index in [4.69, 9.17) is 17.3 Å². The number of hydrogen-bond acceptors (Lipinski definition) is 2. The Hall–Kier alpha value is -1.06. The number of rotatable bonds is 4. The molecule has 0 unspecified atom stereocenters. The zero-order valence-corrected chi connectivity index (χ0v) is 11.0. The summed E-state index contributed by atoms with van der Waals surface area (Å²) in [5, 5.41) is 0.727. The van der Waals surface area contributed by atoms with Crippen molar-refractivity contribution in [1.82, 2.24) is 9.55 Å². The van der Waals surface area contributed by atoms with Gasteiger partial charge in [-0.05, 0) is 38.1 Å². The molecule has 92 valence electrons. The van der Waals surface area contributed by atoms with Crippen LogP contribution >= 0.6 is 11.6 Å². The molecule has 0 amide bonds. The van der Waals surface area contributed by atoms with Gasteiger partial charge in [0.15, 0.2) is 0 Å². The van der Waals surface area contributed by atoms with Crippen molar-refractivity contribution in [3.63, 3.8) is 0 Å². The van der Waals surface area contributed by atoms with Crippen LogP contribution in [0.25, 0.3) is 11.0 Å². The molecule has 0 radical (unpaired) electrons. The second-order valence-corrected chi connectivity index (χ2v) is 4.76. The zero-order chi connectivity index (χ0) is 12.4. The number of fused-ring (bicyclic) bond motifs is 1. The molecule has 1 aromatic carbocycles. The Morgan fingerprint density at radius 1 is 1.47 bits per heavy atom. The molecule has 0 aliphatic heterocycles. The molecule has 2 rings (SSSR count). The third-order valence-electron chi connectivity index (χ3n) is 3.12. The van der Waals surface area contributed by atoms with Gasteiger partial charge in [-0.15, -0.1) is 0 Å². The molecular weight excluding hydrogens is 234 g/mol. The molecule has 0 aliphatic carbocycles. The van der Waals surface area contributed by atoms with Crippen molar-refractivity contribution in [3.05, 3.63) is 29.0 Å². The van der Waals surface area contributed by atoms with Crippen LogP contribution in [-0.2, 0) is 6.42 Å². The Balaban J connectivity index is 2.62. The normalized spacial score (nSPS) is 13.2. The monoisotopic (exact) mass is 251 g/mol. The number of imidazole rings is 1. The number of benzene rings is 1. The van der Waals surface area contributed by atoms with E-state index in [1.54, 1.807) is 0 Å². The molecule has 0 spiro atoms. The lowest BCUT2D eigenvalue weighted by Crippen LogP contribution is -2.12. The second-order valence-electron chi connectivity index (χ2n) is 4.33. The lowest BCUT2D eigenvalue weighted by Gasteiger charge is -2.15. The number of aromatic nitrogens is 2. The average Bonchev–Trinajstić information content (AvgIpc) is 2.65. The highest BCUT2D eigenvalue weighted by atomic mass is 35.5. The SMILES string of the molecule is CC[C@H](C)n1c(CCN)nc2cc(Cl)ccc21. The van der Waals surface area contributed by atoms with Gasteiger partial charge in [0.1, 0.15) is 5.82 Å². The Labute approximate surface area is 107 Å². The maximum atomic E-state index is 6.00. The summed E-state index contributed by atoms with van der Waals surface area (Å²) in [4.78, 5) is 4.63. The summed E-state index contributed by atoms with van der Waals surface area (Å²) in [6.07, 6.45) is 1.88. The summed E-state index contributed by atoms with van der Waals surface area (Å²) in [5.74, 6) is 1.05. The van der Waals surface area contributed by atoms with E-state index >= 15 is 0 Å². The van der Waals surface area contributed by atoms with Crippen LogP contribution in [0, 0.1) is 0 Å². The van der Waals surface area contributed by atoms with Gasteiger partial charge in [0.05, 0.1) is 11.0 Å². The van der Waals surface area contributed by atoms with Crippen molar-refractivity contribution in [2.24, 2.45) is 5.73 Å². The first-order valence-corrected chi connectivity index (χ1v) is 6.41. The van der Waals surface area contributed by atoms with Crippen molar-refractivity contribution in [2.75, 3.05) is 6.54 Å². The molecule has 0 saturated carbocycles. The zero-order valence-electron chi connectivity index (χ0n) is 10.3. The second kappa shape index (κ2) is 5.07. The van der Waals surface area contributed by atoms with Gasteiger partial charge in [-0.3, -0.25) is 0 Å². The van der Waals surface area contributed by atoms with Crippen molar-refractivity contribution in [2.45, 2.75) is 32.7 Å². The summed E-state index contributed by atoms with van der Waals surface area (Å²) in [6, 6.07) is 6.30. The highest BCUT2D eigenvalue weighted by Crippen LogP contribution is 2.25. The Bertz CT molecular complexity index is 519. The Kier molecular flexibility index (Phi) is 3.69. The van der Waals surface area contributed by atoms with Gasteiger partial charge in [0.2, 0.25) is 0 Å². The third kappa shape index (κ3) is 2.31. The van der Waals surface area contributed by atoms with E-state index < -0.39 is 0 Å². The molecule has 0 aliphatic rings. The standard InChI is InChI=1S/C13H18ClN3/c1-3-9(2)17-12-5-4-10(14)8-11(12)16-13(17)6-7-15/h4-5,8-9H,3,6-7,15H2,1-2H3/t9-/m0/s1. The molecule has 1 atom stereocenters. The van der Waals surface area contributed by atoms with Crippen molar-refractivity contribution < 1.29 is 0 Å². The van der Waals surface area contributed by atoms with Crippen LogP contribution in [0.4, 0.5) is 0 Å². The van der Waals surface area contributed by atoms with Gasteiger partial charge in [-0.25, -0.2) is 4.98 Å². The molecule has 0 bridgehead atoms. The lowest BCUT2D eigenvalue weighted by molar-refractivity contribution is 0.522. The summed E-state index contributed by atoms with van der Waals surface area (Å²) in [7, 11) is 0. The van der Waals surface area contributed by atoms with Crippen molar-refractivity contribution >= 4 is 22.6 Å². The fourth-order valence-corrected chi connectivity index (χ4v) is 2.27. The van der Waals surface area contributed by atoms with E-state index in [1.807, 2.05) is 18.2 Å². The molecule has 4 heteroatoms. The van der Waals surface area contributed by atoms with Crippen LogP contribution in [0.1, 0.15) is 32.1 Å². The van der Waals surface area contributed by atoms with Crippen molar-refractivity contribution in [1.29, 1.82) is 0 Å². The van der Waals surface area contributed by atoms with Gasteiger partial charge >= 0.3 is 0 Å². The van der Waals surface area contributed by atoms with Gasteiger partial charge < -0.3 is 10.3 Å². The van der Waals surface area contributed by atoms with Crippen LogP contribution in [0.5, 0.6) is 0 Å². The van der Waals surface area contributed by atoms with Gasteiger partial charge in [0.25, 0.3) is 0 Å². The molecule has 0 fully saturated rings. The quantitative estimate of drug-likeness (QED) is 0.907. The fourth-order valence-electron chi connectivity index (χ4n) is 2.10. The van der Waals surface area contributed by atoms with Crippen LogP contribution < -0.4 is 5.73 Å². The summed E-state index contributed by atoms with van der Waals surface area (Å²) >= 11 is 6.00. The molecule has 2 N–H and O–H groups in total. The predicted molar refractivity (Wildman–Crippen MR) is 72.5 cm³/mol. The van der Waals surface area contributed by atoms with Crippen LogP contribution in [0.15, 0.2) is 18.2 Å². The van der Waals surface area contributed by atoms with E-state index in [1.165, 1.54) is 0 Å². The molecule has 3 nitrogen and oxygen atoms in total. The average molecular weight is 252 g/mol. The number of halogens is 1. The topological polar surface area (TPSA) is 43.8 Å². The number of nitrogens with zero attached hydrogens (tertiary/aromatic N) is 2. The minimum absolute atomic E-state index is 0.433. The molecule has 0 saturated heterocycles. The maximum Gasteiger partial charge on any atom is 0.111 e. The predicted octanol–water partition coefficient (Wildman–Crippen LogP) is 3.16. The molecular formula is C13H18ClN3. The molecule has 1 heterocycles. The van der Waals surface area contributed by atoms with E-state index in [-0.39, 0.29) is 0 Å². The molecule has 2 aromatic rings. The maximum absolute atomic E-state index is 6.00. The summed E-state index contributed by atoms with van der Waals surface area (Å²) < 4.78 is 2.28. The third-order valence-corrected chi connectivity index (χ3v) is 3.36. The Morgan fingerprint density at radius 3 is 2.88 bits per heavy atom. The minimum Gasteiger partial charge on any atom is -0.330 e. The smallest absolute Gasteiger partial charge is 0.111 e. The van der Waals surface area contributed by atoms with Gasteiger partial charge in [-0.2, -0.15) is 0 Å². The van der Waals surface area contributed by atoms with Crippen LogP contribution in [-0.4, -0.2) is 16.1 Å². The van der Waals surface area contributed by atoms with E-state index in [9.17, 15) is 0 Å². The minimum atomic E-state index is 0.433. The Morgan fingerprint density at radius 2 is 2.24 bits per heavy atom. The first-order valence-electron chi connectivity index (χ1n) is 6.03. The summed E-state index contributed by atoms with van der Waals surface area (Å²) in [5.41, 5.74) is 7.75. The molecule has 17 heavy (non-hydrogen) atoms. The first kappa shape index (κ1) is 12.4. The number of hydrogen-bond donors (Lipinski definition) is 1. The number of nitrogens with two attached hydrogens (primary N) is 1. The van der Waals surface area contributed by atoms with E-state index in [2.05, 4.69) is 23.4 Å². The highest BCUT2D eigenvalue weighted by Gasteiger charge is 2.14. The van der Waals surface area contributed by atoms with Crippen molar-refractivity contribution in [3.8, 4) is 0 Å². The summed E-state index contributed by atoms with van der Waals surface area (Å²) in [6.45, 7) is 5.00. The first-order chi connectivity index (χ1) is 8.17. The lowest BCUT2D eigenvalue weighted by atomic mass is 10.2. The van der Waals surface area contributed by atoms with Gasteiger partial charge in [-0.1, -0.05) is 18.5 Å².